The van der Waals surface area contributed by atoms with Gasteiger partial charge in [0, 0.05) is 26.2 Å². The van der Waals surface area contributed by atoms with Crippen LogP contribution in [0.25, 0.3) is 0 Å². The average Bonchev–Trinajstić information content (AvgIpc) is 3.75. The number of benzene rings is 3. The van der Waals surface area contributed by atoms with Gasteiger partial charge in [-0.05, 0) is 60.4 Å². The van der Waals surface area contributed by atoms with Crippen LogP contribution >= 0.6 is 0 Å². The van der Waals surface area contributed by atoms with Crippen molar-refractivity contribution in [1.29, 1.82) is 0 Å². The van der Waals surface area contributed by atoms with Crippen molar-refractivity contribution in [3.63, 3.8) is 0 Å². The fourth-order valence-electron chi connectivity index (χ4n) is 4.84. The topological polar surface area (TPSA) is 95.3 Å². The van der Waals surface area contributed by atoms with Gasteiger partial charge in [0.05, 0.1) is 12.6 Å². The van der Waals surface area contributed by atoms with E-state index in [1.807, 2.05) is 66.7 Å². The molecule has 1 fully saturated rings. The van der Waals surface area contributed by atoms with E-state index < -0.39 is 0 Å². The number of fused-ring (bicyclic) bond motifs is 1. The summed E-state index contributed by atoms with van der Waals surface area (Å²) >= 11 is 0. The molecule has 9 heteroatoms. The van der Waals surface area contributed by atoms with Crippen LogP contribution in [-0.2, 0) is 24.4 Å². The molecule has 3 heterocycles. The maximum Gasteiger partial charge on any atom is 0.273 e. The van der Waals surface area contributed by atoms with Crippen molar-refractivity contribution in [2.75, 3.05) is 19.9 Å². The molecule has 0 aliphatic carbocycles. The maximum atomic E-state index is 12.6. The molecule has 0 radical (unpaired) electrons. The normalized spacial score (nSPS) is 15.9. The van der Waals surface area contributed by atoms with E-state index in [2.05, 4.69) is 21.3 Å². The Labute approximate surface area is 232 Å². The van der Waals surface area contributed by atoms with Crippen LogP contribution in [0.3, 0.4) is 0 Å². The van der Waals surface area contributed by atoms with Gasteiger partial charge in [-0.1, -0.05) is 36.4 Å². The molecule has 1 atom stereocenters. The number of rotatable bonds is 11. The Morgan fingerprint density at radius 1 is 0.925 bits per heavy atom. The summed E-state index contributed by atoms with van der Waals surface area (Å²) in [4.78, 5) is 19.3. The number of amides is 1. The van der Waals surface area contributed by atoms with E-state index in [1.165, 1.54) is 6.26 Å². The highest BCUT2D eigenvalue weighted by Gasteiger charge is 2.20. The smallest absolute Gasteiger partial charge is 0.273 e. The Balaban J connectivity index is 1.16. The number of hydrogen-bond donors (Lipinski definition) is 1. The van der Waals surface area contributed by atoms with Gasteiger partial charge >= 0.3 is 0 Å². The van der Waals surface area contributed by atoms with Gasteiger partial charge in [-0.15, -0.1) is 0 Å². The van der Waals surface area contributed by atoms with Crippen LogP contribution in [0.2, 0.25) is 0 Å². The molecule has 0 spiro atoms. The third kappa shape index (κ3) is 6.62. The van der Waals surface area contributed by atoms with E-state index >= 15 is 0 Å². The van der Waals surface area contributed by atoms with E-state index in [9.17, 15) is 4.79 Å². The van der Waals surface area contributed by atoms with Crippen molar-refractivity contribution < 1.29 is 28.2 Å². The predicted octanol–water partition coefficient (Wildman–Crippen LogP) is 5.31. The van der Waals surface area contributed by atoms with Crippen LogP contribution in [0.4, 0.5) is 0 Å². The second kappa shape index (κ2) is 12.2. The first kappa shape index (κ1) is 25.9. The summed E-state index contributed by atoms with van der Waals surface area (Å²) in [5.74, 6) is 3.21. The fraction of sp³-hybridized carbons (Fsp3) is 0.290. The number of oxazole rings is 1. The van der Waals surface area contributed by atoms with E-state index in [0.717, 1.165) is 53.6 Å². The van der Waals surface area contributed by atoms with Gasteiger partial charge in [-0.3, -0.25) is 9.69 Å². The van der Waals surface area contributed by atoms with E-state index in [1.54, 1.807) is 0 Å². The number of carbonyl (C=O) groups excluding carboxylic acids is 1. The third-order valence-electron chi connectivity index (χ3n) is 6.78. The first-order valence-corrected chi connectivity index (χ1v) is 13.4. The number of hydrogen-bond acceptors (Lipinski definition) is 8. The van der Waals surface area contributed by atoms with Crippen molar-refractivity contribution in [2.45, 2.75) is 38.6 Å². The van der Waals surface area contributed by atoms with Gasteiger partial charge in [0.2, 0.25) is 12.7 Å². The van der Waals surface area contributed by atoms with Crippen molar-refractivity contribution in [3.8, 4) is 23.0 Å². The van der Waals surface area contributed by atoms with Gasteiger partial charge in [-0.2, -0.15) is 0 Å². The largest absolute Gasteiger partial charge is 0.457 e. The SMILES string of the molecule is O=C(NCC1CCCO1)c1coc(CN(Cc2cccc(Oc3ccccc3)c2)Cc2ccc3c(c2)OCO3)n1. The molecule has 1 unspecified atom stereocenters. The minimum Gasteiger partial charge on any atom is -0.457 e. The van der Waals surface area contributed by atoms with Gasteiger partial charge in [0.1, 0.15) is 17.8 Å². The molecule has 1 aromatic heterocycles. The van der Waals surface area contributed by atoms with E-state index in [4.69, 9.17) is 23.4 Å². The molecule has 2 aliphatic rings. The Morgan fingerprint density at radius 3 is 2.60 bits per heavy atom. The zero-order chi connectivity index (χ0) is 27.1. The fourth-order valence-corrected chi connectivity index (χ4v) is 4.84. The van der Waals surface area contributed by atoms with Crippen molar-refractivity contribution >= 4 is 5.91 Å². The molecule has 40 heavy (non-hydrogen) atoms. The number of carbonyl (C=O) groups is 1. The number of nitrogens with one attached hydrogen (secondary N) is 1. The molecule has 1 amide bonds. The lowest BCUT2D eigenvalue weighted by Gasteiger charge is -2.21. The average molecular weight is 542 g/mol. The summed E-state index contributed by atoms with van der Waals surface area (Å²) in [5.41, 5.74) is 2.38. The first-order chi connectivity index (χ1) is 19.7. The van der Waals surface area contributed by atoms with Crippen LogP contribution in [-0.4, -0.2) is 41.8 Å². The lowest BCUT2D eigenvalue weighted by molar-refractivity contribution is 0.0853. The number of aromatic nitrogens is 1. The predicted molar refractivity (Wildman–Crippen MR) is 146 cm³/mol. The molecular weight excluding hydrogens is 510 g/mol. The van der Waals surface area contributed by atoms with Crippen LogP contribution in [0.1, 0.15) is 40.3 Å². The summed E-state index contributed by atoms with van der Waals surface area (Å²) in [5, 5.41) is 2.90. The molecule has 1 saturated heterocycles. The number of nitrogens with zero attached hydrogens (tertiary/aromatic N) is 2. The van der Waals surface area contributed by atoms with Crippen molar-refractivity contribution in [2.24, 2.45) is 0 Å². The molecule has 4 aromatic rings. The molecule has 3 aromatic carbocycles. The standard InChI is InChI=1S/C31H31N3O6/c35-31(32-16-26-10-5-13-36-26)27-20-37-30(33-27)19-34(18-23-11-12-28-29(15-23)39-21-38-28)17-22-6-4-9-25(14-22)40-24-7-2-1-3-8-24/h1-4,6-9,11-12,14-15,20,26H,5,10,13,16-19,21H2,(H,32,35). The minimum atomic E-state index is -0.265. The van der Waals surface area contributed by atoms with Crippen LogP contribution < -0.4 is 19.5 Å². The van der Waals surface area contributed by atoms with E-state index in [0.29, 0.717) is 32.1 Å². The molecule has 6 rings (SSSR count). The van der Waals surface area contributed by atoms with Crippen LogP contribution in [0.5, 0.6) is 23.0 Å². The van der Waals surface area contributed by atoms with Crippen LogP contribution in [0.15, 0.2) is 83.5 Å². The molecule has 1 N–H and O–H groups in total. The Kier molecular flexibility index (Phi) is 7.92. The second-order valence-electron chi connectivity index (χ2n) is 9.87. The van der Waals surface area contributed by atoms with Crippen molar-refractivity contribution in [3.05, 3.63) is 102 Å². The van der Waals surface area contributed by atoms with Crippen LogP contribution in [0, 0.1) is 0 Å². The molecule has 2 aliphatic heterocycles. The Bertz CT molecular complexity index is 1430. The lowest BCUT2D eigenvalue weighted by Crippen LogP contribution is -2.32. The van der Waals surface area contributed by atoms with Gasteiger partial charge < -0.3 is 28.7 Å². The molecule has 9 nitrogen and oxygen atoms in total. The van der Waals surface area contributed by atoms with Gasteiger partial charge in [0.25, 0.3) is 5.91 Å². The summed E-state index contributed by atoms with van der Waals surface area (Å²) in [7, 11) is 0. The molecular formula is C31H31N3O6. The molecule has 206 valence electrons. The number of para-hydroxylation sites is 1. The summed E-state index contributed by atoms with van der Waals surface area (Å²) in [6.07, 6.45) is 3.45. The quantitative estimate of drug-likeness (QED) is 0.273. The van der Waals surface area contributed by atoms with Gasteiger partial charge in [0.15, 0.2) is 17.2 Å². The highest BCUT2D eigenvalue weighted by molar-refractivity contribution is 5.91. The maximum absolute atomic E-state index is 12.6. The number of ether oxygens (including phenoxy) is 4. The zero-order valence-corrected chi connectivity index (χ0v) is 22.1. The Hall–Kier alpha value is -4.34. The monoisotopic (exact) mass is 541 g/mol. The zero-order valence-electron chi connectivity index (χ0n) is 22.1. The van der Waals surface area contributed by atoms with E-state index in [-0.39, 0.29) is 24.5 Å². The first-order valence-electron chi connectivity index (χ1n) is 13.4. The lowest BCUT2D eigenvalue weighted by atomic mass is 10.1. The molecule has 0 saturated carbocycles. The minimum absolute atomic E-state index is 0.0640. The third-order valence-corrected chi connectivity index (χ3v) is 6.78. The molecule has 0 bridgehead atoms. The van der Waals surface area contributed by atoms with Crippen molar-refractivity contribution in [1.82, 2.24) is 15.2 Å². The second-order valence-corrected chi connectivity index (χ2v) is 9.87. The van der Waals surface area contributed by atoms with Gasteiger partial charge in [-0.25, -0.2) is 4.98 Å². The summed E-state index contributed by atoms with van der Waals surface area (Å²) in [6.45, 7) is 3.04. The highest BCUT2D eigenvalue weighted by atomic mass is 16.7. The Morgan fingerprint density at radius 2 is 1.75 bits per heavy atom. The summed E-state index contributed by atoms with van der Waals surface area (Å²) < 4.78 is 28.4. The highest BCUT2D eigenvalue weighted by Crippen LogP contribution is 2.33. The summed E-state index contributed by atoms with van der Waals surface area (Å²) in [6, 6.07) is 23.6.